The molecule has 1 heterocycles. The van der Waals surface area contributed by atoms with Crippen LogP contribution in [-0.2, 0) is 34.3 Å². The molecule has 14 nitrogen and oxygen atoms in total. The SMILES string of the molecule is CN(C)C(=O)Oc1ccc(C[C@H](Nc2nc(NCc3ccccc3)nc(NCc3ccc(S(N)(=O)=O)cc3)n2)C(=O)O)cc1. The van der Waals surface area contributed by atoms with Crippen molar-refractivity contribution in [1.29, 1.82) is 0 Å². The van der Waals surface area contributed by atoms with Crippen LogP contribution in [0.15, 0.2) is 83.8 Å². The molecule has 4 rings (SSSR count). The number of primary sulfonamides is 1. The number of aromatic nitrogens is 3. The summed E-state index contributed by atoms with van der Waals surface area (Å²) in [6, 6.07) is 21.0. The number of carboxylic acids is 1. The fourth-order valence-corrected chi connectivity index (χ4v) is 4.35. The Hall–Kier alpha value is -5.28. The summed E-state index contributed by atoms with van der Waals surface area (Å²) in [6.45, 7) is 0.644. The normalized spacial score (nSPS) is 11.7. The fourth-order valence-electron chi connectivity index (χ4n) is 3.83. The van der Waals surface area contributed by atoms with E-state index >= 15 is 0 Å². The second kappa shape index (κ2) is 14.3. The van der Waals surface area contributed by atoms with E-state index in [1.54, 1.807) is 50.5 Å². The van der Waals surface area contributed by atoms with Crippen LogP contribution in [0.2, 0.25) is 0 Å². The molecule has 0 aliphatic carbocycles. The summed E-state index contributed by atoms with van der Waals surface area (Å²) < 4.78 is 28.3. The Bertz CT molecular complexity index is 1690. The van der Waals surface area contributed by atoms with Crippen LogP contribution in [0.25, 0.3) is 0 Å². The number of sulfonamides is 1. The molecular formula is C29H32N8O6S. The molecular weight excluding hydrogens is 588 g/mol. The van der Waals surface area contributed by atoms with Gasteiger partial charge in [-0.25, -0.2) is 23.1 Å². The van der Waals surface area contributed by atoms with Crippen LogP contribution in [0, 0.1) is 0 Å². The van der Waals surface area contributed by atoms with Gasteiger partial charge in [0.05, 0.1) is 4.90 Å². The van der Waals surface area contributed by atoms with Gasteiger partial charge in [0.15, 0.2) is 0 Å². The van der Waals surface area contributed by atoms with Gasteiger partial charge in [0, 0.05) is 33.6 Å². The average Bonchev–Trinajstić information content (AvgIpc) is 2.99. The molecule has 1 amide bonds. The van der Waals surface area contributed by atoms with E-state index in [1.165, 1.54) is 17.0 Å². The summed E-state index contributed by atoms with van der Waals surface area (Å²) in [6.07, 6.45) is -0.450. The van der Waals surface area contributed by atoms with Gasteiger partial charge < -0.3 is 30.7 Å². The summed E-state index contributed by atoms with van der Waals surface area (Å²) in [4.78, 5) is 38.4. The smallest absolute Gasteiger partial charge is 0.414 e. The van der Waals surface area contributed by atoms with Crippen molar-refractivity contribution in [1.82, 2.24) is 19.9 Å². The van der Waals surface area contributed by atoms with Crippen molar-refractivity contribution in [2.45, 2.75) is 30.4 Å². The van der Waals surface area contributed by atoms with E-state index in [1.807, 2.05) is 30.3 Å². The Balaban J connectivity index is 1.51. The number of rotatable bonds is 13. The van der Waals surface area contributed by atoms with Crippen molar-refractivity contribution >= 4 is 39.9 Å². The van der Waals surface area contributed by atoms with Crippen molar-refractivity contribution in [3.63, 3.8) is 0 Å². The van der Waals surface area contributed by atoms with Crippen LogP contribution in [0.1, 0.15) is 16.7 Å². The van der Waals surface area contributed by atoms with Gasteiger partial charge in [-0.05, 0) is 41.0 Å². The molecule has 0 aliphatic heterocycles. The standard InChI is InChI=1S/C29H32N8O6S/c1-37(2)29(40)43-22-12-8-19(9-13-22)16-24(25(38)39)33-28-35-26(31-17-20-6-4-3-5-7-20)34-27(36-28)32-18-21-10-14-23(15-11-21)44(30,41)42/h3-15,24H,16-18H2,1-2H3,(H,38,39)(H2,30,41,42)(H3,31,32,33,34,35,36)/t24-/m0/s1. The summed E-state index contributed by atoms with van der Waals surface area (Å²) in [7, 11) is -0.682. The van der Waals surface area contributed by atoms with Gasteiger partial charge in [-0.1, -0.05) is 54.6 Å². The highest BCUT2D eigenvalue weighted by Crippen LogP contribution is 2.18. The highest BCUT2D eigenvalue weighted by Gasteiger charge is 2.21. The number of amides is 1. The first-order valence-corrected chi connectivity index (χ1v) is 14.9. The van der Waals surface area contributed by atoms with Crippen LogP contribution >= 0.6 is 0 Å². The maximum Gasteiger partial charge on any atom is 0.414 e. The third kappa shape index (κ3) is 9.37. The summed E-state index contributed by atoms with van der Waals surface area (Å²) in [5, 5.41) is 24.2. The molecule has 0 bridgehead atoms. The fraction of sp³-hybridized carbons (Fsp3) is 0.207. The Labute approximate surface area is 254 Å². The first-order valence-electron chi connectivity index (χ1n) is 13.3. The van der Waals surface area contributed by atoms with E-state index in [2.05, 4.69) is 30.9 Å². The first kappa shape index (κ1) is 31.7. The summed E-state index contributed by atoms with van der Waals surface area (Å²) in [5.74, 6) is -0.420. The van der Waals surface area contributed by atoms with Crippen molar-refractivity contribution < 1.29 is 27.9 Å². The molecule has 0 fully saturated rings. The Morgan fingerprint density at radius 1 is 0.818 bits per heavy atom. The summed E-state index contributed by atoms with van der Waals surface area (Å²) >= 11 is 0. The number of hydrogen-bond acceptors (Lipinski definition) is 11. The molecule has 0 spiro atoms. The van der Waals surface area contributed by atoms with Gasteiger partial charge in [0.25, 0.3) is 0 Å². The molecule has 0 saturated heterocycles. The molecule has 1 atom stereocenters. The first-order chi connectivity index (χ1) is 21.0. The molecule has 0 radical (unpaired) electrons. The number of anilines is 3. The van der Waals surface area contributed by atoms with Crippen LogP contribution in [0.3, 0.4) is 0 Å². The van der Waals surface area contributed by atoms with Gasteiger partial charge in [0.2, 0.25) is 27.9 Å². The Kier molecular flexibility index (Phi) is 10.3. The van der Waals surface area contributed by atoms with E-state index in [-0.39, 0.29) is 35.7 Å². The van der Waals surface area contributed by atoms with Crippen molar-refractivity contribution in [2.24, 2.45) is 5.14 Å². The molecule has 4 aromatic rings. The maximum atomic E-state index is 12.2. The number of ether oxygens (including phenoxy) is 1. The van der Waals surface area contributed by atoms with E-state index in [4.69, 9.17) is 9.88 Å². The molecule has 0 unspecified atom stereocenters. The minimum Gasteiger partial charge on any atom is -0.480 e. The number of benzene rings is 3. The second-order valence-electron chi connectivity index (χ2n) is 9.83. The number of hydrogen-bond donors (Lipinski definition) is 5. The zero-order valence-corrected chi connectivity index (χ0v) is 24.8. The van der Waals surface area contributed by atoms with Crippen LogP contribution in [0.4, 0.5) is 22.6 Å². The third-order valence-corrected chi connectivity index (χ3v) is 7.10. The highest BCUT2D eigenvalue weighted by molar-refractivity contribution is 7.89. The maximum absolute atomic E-state index is 12.2. The Morgan fingerprint density at radius 2 is 1.34 bits per heavy atom. The predicted octanol–water partition coefficient (Wildman–Crippen LogP) is 2.91. The van der Waals surface area contributed by atoms with Crippen LogP contribution in [0.5, 0.6) is 5.75 Å². The number of carbonyl (C=O) groups excluding carboxylic acids is 1. The molecule has 0 saturated carbocycles. The molecule has 230 valence electrons. The monoisotopic (exact) mass is 620 g/mol. The lowest BCUT2D eigenvalue weighted by molar-refractivity contribution is -0.137. The van der Waals surface area contributed by atoms with Crippen LogP contribution < -0.4 is 25.8 Å². The molecule has 15 heteroatoms. The number of aliphatic carboxylic acids is 1. The largest absolute Gasteiger partial charge is 0.480 e. The molecule has 0 aliphatic rings. The lowest BCUT2D eigenvalue weighted by atomic mass is 10.1. The highest BCUT2D eigenvalue weighted by atomic mass is 32.2. The van der Waals surface area contributed by atoms with Gasteiger partial charge in [0.1, 0.15) is 11.8 Å². The van der Waals surface area contributed by atoms with E-state index in [9.17, 15) is 23.1 Å². The number of nitrogens with two attached hydrogens (primary N) is 1. The minimum atomic E-state index is -3.82. The number of nitrogens with zero attached hydrogens (tertiary/aromatic N) is 4. The van der Waals surface area contributed by atoms with Gasteiger partial charge in [-0.15, -0.1) is 0 Å². The van der Waals surface area contributed by atoms with E-state index < -0.39 is 28.1 Å². The topological polar surface area (TPSA) is 202 Å². The van der Waals surface area contributed by atoms with Crippen molar-refractivity contribution in [3.8, 4) is 5.75 Å². The van der Waals surface area contributed by atoms with Crippen molar-refractivity contribution in [3.05, 3.63) is 95.6 Å². The van der Waals surface area contributed by atoms with E-state index in [0.717, 1.165) is 11.1 Å². The molecule has 1 aromatic heterocycles. The summed E-state index contributed by atoms with van der Waals surface area (Å²) in [5.41, 5.74) is 2.39. The number of carboxylic acid groups (broad SMARTS) is 1. The molecule has 44 heavy (non-hydrogen) atoms. The Morgan fingerprint density at radius 3 is 1.86 bits per heavy atom. The molecule has 6 N–H and O–H groups in total. The lowest BCUT2D eigenvalue weighted by Crippen LogP contribution is -2.32. The quantitative estimate of drug-likeness (QED) is 0.146. The molecule has 3 aromatic carbocycles. The zero-order chi connectivity index (χ0) is 31.7. The zero-order valence-electron chi connectivity index (χ0n) is 24.0. The number of carbonyl (C=O) groups is 2. The van der Waals surface area contributed by atoms with Crippen LogP contribution in [-0.4, -0.2) is 65.6 Å². The second-order valence-corrected chi connectivity index (χ2v) is 11.4. The van der Waals surface area contributed by atoms with Gasteiger partial charge in [-0.3, -0.25) is 0 Å². The predicted molar refractivity (Wildman–Crippen MR) is 164 cm³/mol. The third-order valence-electron chi connectivity index (χ3n) is 6.17. The minimum absolute atomic E-state index is 0.00998. The van der Waals surface area contributed by atoms with Gasteiger partial charge >= 0.3 is 12.1 Å². The van der Waals surface area contributed by atoms with E-state index in [0.29, 0.717) is 17.9 Å². The lowest BCUT2D eigenvalue weighted by Gasteiger charge is -2.17. The van der Waals surface area contributed by atoms with Crippen molar-refractivity contribution in [2.75, 3.05) is 30.0 Å². The number of nitrogens with one attached hydrogen (secondary N) is 3. The average molecular weight is 621 g/mol. The van der Waals surface area contributed by atoms with Gasteiger partial charge in [-0.2, -0.15) is 15.0 Å².